The molecule has 1 aromatic carbocycles. The minimum atomic E-state index is -1.24. The average Bonchev–Trinajstić information content (AvgIpc) is 3.63. The molecule has 2 aromatic heterocycles. The van der Waals surface area contributed by atoms with Crippen molar-refractivity contribution >= 4 is 40.9 Å². The standard InChI is InChI=1S/C14H11N5O5.C11H12FNO2/c1-14(11(21)18-13(23)19-14)6-2-5-3-7(24-10(5)15-4-6)8-9(20)17-12(22)16-8;1-3-13-6-7-4-5-8(15-2)10(12)9(7)11(13)14/h2-4,8H,1H3,(H2,16,17,20,22)(H2,18,19,21,23);4-5H,3,6H2,1-2H3. The van der Waals surface area contributed by atoms with Crippen molar-refractivity contribution < 1.29 is 37.5 Å². The van der Waals surface area contributed by atoms with Crippen LogP contribution in [0.15, 0.2) is 34.9 Å². The van der Waals surface area contributed by atoms with Crippen LogP contribution in [-0.2, 0) is 21.7 Å². The number of hydrogen-bond donors (Lipinski definition) is 4. The number of urea groups is 2. The molecule has 2 atom stereocenters. The monoisotopic (exact) mass is 538 g/mol. The van der Waals surface area contributed by atoms with E-state index in [2.05, 4.69) is 26.3 Å². The number of ether oxygens (including phenoxy) is 1. The topological polar surface area (TPSA) is 172 Å². The number of aromatic nitrogens is 1. The molecule has 7 amide bonds. The summed E-state index contributed by atoms with van der Waals surface area (Å²) in [4.78, 5) is 63.7. The van der Waals surface area contributed by atoms with Crippen LogP contribution in [0.4, 0.5) is 14.0 Å². The molecule has 0 radical (unpaired) electrons. The van der Waals surface area contributed by atoms with Gasteiger partial charge in [-0.1, -0.05) is 6.07 Å². The maximum atomic E-state index is 13.8. The molecular formula is C25H23FN6O7. The molecule has 3 aliphatic rings. The van der Waals surface area contributed by atoms with Crippen molar-refractivity contribution in [3.8, 4) is 5.75 Å². The first-order valence-corrected chi connectivity index (χ1v) is 11.8. The third-order valence-corrected chi connectivity index (χ3v) is 6.73. The van der Waals surface area contributed by atoms with Crippen molar-refractivity contribution in [2.24, 2.45) is 0 Å². The van der Waals surface area contributed by atoms with Crippen LogP contribution >= 0.6 is 0 Å². The summed E-state index contributed by atoms with van der Waals surface area (Å²) in [5, 5.41) is 9.79. The van der Waals surface area contributed by atoms with E-state index in [4.69, 9.17) is 9.15 Å². The van der Waals surface area contributed by atoms with Gasteiger partial charge in [0.25, 0.3) is 17.7 Å². The summed E-state index contributed by atoms with van der Waals surface area (Å²) in [6.45, 7) is 4.52. The predicted molar refractivity (Wildman–Crippen MR) is 131 cm³/mol. The first kappa shape index (κ1) is 25.6. The number of carbonyl (C=O) groups excluding carboxylic acids is 5. The van der Waals surface area contributed by atoms with E-state index in [-0.39, 0.29) is 28.7 Å². The number of carbonyl (C=O) groups is 5. The number of methoxy groups -OCH3 is 1. The van der Waals surface area contributed by atoms with Crippen LogP contribution in [0.1, 0.15) is 47.1 Å². The van der Waals surface area contributed by atoms with Crippen molar-refractivity contribution in [1.29, 1.82) is 0 Å². The lowest BCUT2D eigenvalue weighted by molar-refractivity contribution is -0.123. The predicted octanol–water partition coefficient (Wildman–Crippen LogP) is 1.57. The zero-order valence-electron chi connectivity index (χ0n) is 21.0. The van der Waals surface area contributed by atoms with Crippen LogP contribution < -0.4 is 26.0 Å². The Labute approximate surface area is 220 Å². The Kier molecular flexibility index (Phi) is 6.17. The Morgan fingerprint density at radius 2 is 1.92 bits per heavy atom. The molecule has 0 spiro atoms. The lowest BCUT2D eigenvalue weighted by Gasteiger charge is -2.20. The third kappa shape index (κ3) is 4.28. The zero-order chi connectivity index (χ0) is 28.1. The highest BCUT2D eigenvalue weighted by molar-refractivity contribution is 6.07. The van der Waals surface area contributed by atoms with Crippen LogP contribution in [0.3, 0.4) is 0 Å². The minimum Gasteiger partial charge on any atom is -0.494 e. The van der Waals surface area contributed by atoms with E-state index in [0.29, 0.717) is 24.0 Å². The molecule has 0 aliphatic carbocycles. The van der Waals surface area contributed by atoms with Gasteiger partial charge in [-0.15, -0.1) is 0 Å². The van der Waals surface area contributed by atoms with Gasteiger partial charge in [0.2, 0.25) is 5.71 Å². The SMILES string of the molecule is CC1(c2cnc3oc(C4NC(=O)NC4=O)cc3c2)NC(=O)NC1=O.CCN1Cc2ccc(OC)c(F)c2C1=O. The molecule has 6 rings (SSSR count). The van der Waals surface area contributed by atoms with Gasteiger partial charge in [0.1, 0.15) is 11.3 Å². The van der Waals surface area contributed by atoms with Gasteiger partial charge < -0.3 is 24.7 Å². The highest BCUT2D eigenvalue weighted by atomic mass is 19.1. The van der Waals surface area contributed by atoms with Gasteiger partial charge in [-0.2, -0.15) is 0 Å². The summed E-state index contributed by atoms with van der Waals surface area (Å²) < 4.78 is 24.1. The molecule has 3 aromatic rings. The Morgan fingerprint density at radius 3 is 2.54 bits per heavy atom. The summed E-state index contributed by atoms with van der Waals surface area (Å²) >= 11 is 0. The molecule has 39 heavy (non-hydrogen) atoms. The number of amides is 7. The molecule has 4 N–H and O–H groups in total. The van der Waals surface area contributed by atoms with E-state index < -0.39 is 41.3 Å². The van der Waals surface area contributed by atoms with Gasteiger partial charge in [-0.3, -0.25) is 25.0 Å². The number of benzene rings is 1. The van der Waals surface area contributed by atoms with Gasteiger partial charge in [-0.25, -0.2) is 19.0 Å². The van der Waals surface area contributed by atoms with Crippen molar-refractivity contribution in [3.63, 3.8) is 0 Å². The van der Waals surface area contributed by atoms with E-state index in [1.165, 1.54) is 13.3 Å². The summed E-state index contributed by atoms with van der Waals surface area (Å²) in [5.74, 6) is -1.45. The number of fused-ring (bicyclic) bond motifs is 2. The lowest BCUT2D eigenvalue weighted by Crippen LogP contribution is -2.40. The molecule has 0 bridgehead atoms. The second-order valence-corrected chi connectivity index (χ2v) is 9.13. The van der Waals surface area contributed by atoms with Crippen molar-refractivity contribution in [2.45, 2.75) is 32.0 Å². The Balaban J connectivity index is 0.000000177. The molecule has 13 nitrogen and oxygen atoms in total. The molecule has 14 heteroatoms. The average molecular weight is 538 g/mol. The maximum absolute atomic E-state index is 13.8. The fourth-order valence-electron chi connectivity index (χ4n) is 4.54. The number of nitrogens with zero attached hydrogens (tertiary/aromatic N) is 2. The lowest BCUT2D eigenvalue weighted by atomic mass is 9.93. The minimum absolute atomic E-state index is 0.125. The molecule has 2 unspecified atom stereocenters. The van der Waals surface area contributed by atoms with Crippen LogP contribution in [0, 0.1) is 5.82 Å². The second kappa shape index (κ2) is 9.38. The molecule has 5 heterocycles. The summed E-state index contributed by atoms with van der Waals surface area (Å²) in [6.07, 6.45) is 1.41. The highest BCUT2D eigenvalue weighted by Crippen LogP contribution is 2.31. The van der Waals surface area contributed by atoms with Crippen molar-refractivity contribution in [1.82, 2.24) is 31.2 Å². The quantitative estimate of drug-likeness (QED) is 0.363. The van der Waals surface area contributed by atoms with Crippen LogP contribution in [0.2, 0.25) is 0 Å². The molecule has 3 aliphatic heterocycles. The smallest absolute Gasteiger partial charge is 0.322 e. The molecule has 2 fully saturated rings. The summed E-state index contributed by atoms with van der Waals surface area (Å²) in [7, 11) is 1.39. The number of pyridine rings is 1. The Hall–Kier alpha value is -5.01. The maximum Gasteiger partial charge on any atom is 0.322 e. The van der Waals surface area contributed by atoms with E-state index >= 15 is 0 Å². The number of halogens is 1. The van der Waals surface area contributed by atoms with Gasteiger partial charge in [0.05, 0.1) is 12.7 Å². The number of imide groups is 2. The van der Waals surface area contributed by atoms with Crippen molar-refractivity contribution in [3.05, 3.63) is 58.7 Å². The summed E-state index contributed by atoms with van der Waals surface area (Å²) in [5.41, 5.74) is 0.368. The van der Waals surface area contributed by atoms with E-state index in [0.717, 1.165) is 5.56 Å². The second-order valence-electron chi connectivity index (χ2n) is 9.13. The fourth-order valence-corrected chi connectivity index (χ4v) is 4.54. The molecule has 2 saturated heterocycles. The van der Waals surface area contributed by atoms with E-state index in [1.54, 1.807) is 36.1 Å². The fraction of sp³-hybridized carbons (Fsp3) is 0.280. The number of rotatable bonds is 4. The van der Waals surface area contributed by atoms with Gasteiger partial charge in [0.15, 0.2) is 17.6 Å². The largest absolute Gasteiger partial charge is 0.494 e. The van der Waals surface area contributed by atoms with Crippen LogP contribution in [0.5, 0.6) is 5.75 Å². The van der Waals surface area contributed by atoms with Gasteiger partial charge in [0, 0.05) is 30.2 Å². The molecular weight excluding hydrogens is 515 g/mol. The highest BCUT2D eigenvalue weighted by Gasteiger charge is 2.44. The van der Waals surface area contributed by atoms with E-state index in [1.807, 2.05) is 6.92 Å². The number of hydrogen-bond acceptors (Lipinski definition) is 8. The first-order valence-electron chi connectivity index (χ1n) is 11.8. The zero-order valence-corrected chi connectivity index (χ0v) is 21.0. The van der Waals surface area contributed by atoms with Gasteiger partial charge in [-0.05, 0) is 37.6 Å². The van der Waals surface area contributed by atoms with Gasteiger partial charge >= 0.3 is 12.1 Å². The van der Waals surface area contributed by atoms with Crippen molar-refractivity contribution in [2.75, 3.05) is 13.7 Å². The first-order chi connectivity index (χ1) is 18.5. The number of furan rings is 1. The molecule has 0 saturated carbocycles. The van der Waals surface area contributed by atoms with Crippen LogP contribution in [-0.4, -0.2) is 53.3 Å². The Morgan fingerprint density at radius 1 is 1.15 bits per heavy atom. The van der Waals surface area contributed by atoms with Crippen LogP contribution in [0.25, 0.3) is 11.1 Å². The molecule has 202 valence electrons. The number of nitrogens with one attached hydrogen (secondary N) is 4. The third-order valence-electron chi connectivity index (χ3n) is 6.73. The summed E-state index contributed by atoms with van der Waals surface area (Å²) in [6, 6.07) is 4.37. The van der Waals surface area contributed by atoms with E-state index in [9.17, 15) is 28.4 Å². The normalized spacial score (nSPS) is 21.7. The Bertz CT molecular complexity index is 1570.